The van der Waals surface area contributed by atoms with Crippen molar-refractivity contribution in [3.63, 3.8) is 0 Å². The lowest BCUT2D eigenvalue weighted by Crippen LogP contribution is -1.99. The van der Waals surface area contributed by atoms with Crippen molar-refractivity contribution in [3.05, 3.63) is 29.3 Å². The first-order valence-corrected chi connectivity index (χ1v) is 6.50. The van der Waals surface area contributed by atoms with Crippen LogP contribution in [0.4, 0.5) is 0 Å². The van der Waals surface area contributed by atoms with Gasteiger partial charge in [0.1, 0.15) is 5.75 Å². The second-order valence-electron chi connectivity index (χ2n) is 4.63. The van der Waals surface area contributed by atoms with Gasteiger partial charge < -0.3 is 5.11 Å². The molecule has 1 aromatic rings. The minimum absolute atomic E-state index is 0.398. The Morgan fingerprint density at radius 1 is 1.19 bits per heavy atom. The molecule has 1 atom stereocenters. The summed E-state index contributed by atoms with van der Waals surface area (Å²) >= 11 is 0. The van der Waals surface area contributed by atoms with E-state index < -0.39 is 0 Å². The number of phenolic OH excluding ortho intramolecular Hbond substituents is 1. The van der Waals surface area contributed by atoms with Gasteiger partial charge >= 0.3 is 0 Å². The fourth-order valence-electron chi connectivity index (χ4n) is 2.22. The molecule has 0 radical (unpaired) electrons. The number of aryl methyl sites for hydroxylation is 1. The maximum atomic E-state index is 9.55. The first-order valence-electron chi connectivity index (χ1n) is 6.50. The molecule has 16 heavy (non-hydrogen) atoms. The summed E-state index contributed by atoms with van der Waals surface area (Å²) in [5.41, 5.74) is 2.71. The van der Waals surface area contributed by atoms with Crippen molar-refractivity contribution in [1.29, 1.82) is 0 Å². The minimum Gasteiger partial charge on any atom is -0.508 e. The topological polar surface area (TPSA) is 20.2 Å². The first-order chi connectivity index (χ1) is 7.69. The predicted molar refractivity (Wildman–Crippen MR) is 70.0 cm³/mol. The van der Waals surface area contributed by atoms with Crippen LogP contribution in [0.25, 0.3) is 0 Å². The van der Waals surface area contributed by atoms with Crippen LogP contribution in [0.5, 0.6) is 5.75 Å². The zero-order valence-electron chi connectivity index (χ0n) is 10.8. The van der Waals surface area contributed by atoms with Crippen molar-refractivity contribution in [2.24, 2.45) is 0 Å². The fourth-order valence-corrected chi connectivity index (χ4v) is 2.22. The molecule has 1 heteroatoms. The van der Waals surface area contributed by atoms with Gasteiger partial charge in [-0.25, -0.2) is 0 Å². The van der Waals surface area contributed by atoms with Gasteiger partial charge in [-0.05, 0) is 42.0 Å². The second-order valence-corrected chi connectivity index (χ2v) is 4.63. The Balaban J connectivity index is 2.72. The highest BCUT2D eigenvalue weighted by molar-refractivity contribution is 5.37. The zero-order valence-corrected chi connectivity index (χ0v) is 10.8. The zero-order chi connectivity index (χ0) is 12.0. The van der Waals surface area contributed by atoms with E-state index in [4.69, 9.17) is 0 Å². The molecular weight excluding hydrogens is 196 g/mol. The monoisotopic (exact) mass is 220 g/mol. The van der Waals surface area contributed by atoms with E-state index in [0.29, 0.717) is 11.7 Å². The van der Waals surface area contributed by atoms with Crippen molar-refractivity contribution in [3.8, 4) is 5.75 Å². The van der Waals surface area contributed by atoms with Gasteiger partial charge in [0.15, 0.2) is 0 Å². The second kappa shape index (κ2) is 6.57. The number of phenols is 1. The molecular formula is C15H24O. The molecule has 0 saturated carbocycles. The Bertz CT molecular complexity index is 317. The molecule has 0 aliphatic heterocycles. The summed E-state index contributed by atoms with van der Waals surface area (Å²) in [6.07, 6.45) is 6.15. The molecule has 1 rings (SSSR count). The van der Waals surface area contributed by atoms with Gasteiger partial charge in [0.05, 0.1) is 0 Å². The van der Waals surface area contributed by atoms with Gasteiger partial charge in [-0.1, -0.05) is 46.1 Å². The normalized spacial score (nSPS) is 12.7. The van der Waals surface area contributed by atoms with Crippen LogP contribution in [0.3, 0.4) is 0 Å². The van der Waals surface area contributed by atoms with E-state index >= 15 is 0 Å². The van der Waals surface area contributed by atoms with Crippen molar-refractivity contribution in [2.75, 3.05) is 0 Å². The quantitative estimate of drug-likeness (QED) is 0.692. The van der Waals surface area contributed by atoms with Gasteiger partial charge in [0, 0.05) is 0 Å². The number of unbranched alkanes of at least 4 members (excludes halogenated alkanes) is 2. The third kappa shape index (κ3) is 3.55. The highest BCUT2D eigenvalue weighted by Gasteiger charge is 2.10. The van der Waals surface area contributed by atoms with E-state index in [1.54, 1.807) is 6.07 Å². The smallest absolute Gasteiger partial charge is 0.115 e. The molecule has 0 saturated heterocycles. The van der Waals surface area contributed by atoms with E-state index in [1.807, 2.05) is 6.07 Å². The van der Waals surface area contributed by atoms with E-state index in [0.717, 1.165) is 6.42 Å². The number of aromatic hydroxyl groups is 1. The molecule has 1 N–H and O–H groups in total. The lowest BCUT2D eigenvalue weighted by molar-refractivity contribution is 0.472. The van der Waals surface area contributed by atoms with Crippen molar-refractivity contribution >= 4 is 0 Å². The SMILES string of the molecule is CCCCCC(C)c1cc(O)ccc1CC. The van der Waals surface area contributed by atoms with Crippen LogP contribution in [-0.4, -0.2) is 5.11 Å². The van der Waals surface area contributed by atoms with E-state index in [-0.39, 0.29) is 0 Å². The molecule has 0 aliphatic carbocycles. The summed E-state index contributed by atoms with van der Waals surface area (Å²) < 4.78 is 0. The van der Waals surface area contributed by atoms with Crippen LogP contribution in [0.15, 0.2) is 18.2 Å². The van der Waals surface area contributed by atoms with E-state index in [2.05, 4.69) is 26.8 Å². The number of benzene rings is 1. The van der Waals surface area contributed by atoms with Crippen LogP contribution in [0.2, 0.25) is 0 Å². The molecule has 0 aromatic heterocycles. The standard InChI is InChI=1S/C15H24O/c1-4-6-7-8-12(3)15-11-14(16)10-9-13(15)5-2/h9-12,16H,4-8H2,1-3H3. The predicted octanol–water partition coefficient (Wildman–Crippen LogP) is 4.64. The Hall–Kier alpha value is -0.980. The number of rotatable bonds is 6. The molecule has 0 aliphatic rings. The van der Waals surface area contributed by atoms with Crippen molar-refractivity contribution in [1.82, 2.24) is 0 Å². The summed E-state index contributed by atoms with van der Waals surface area (Å²) in [6.45, 7) is 6.68. The Morgan fingerprint density at radius 2 is 1.94 bits per heavy atom. The molecule has 1 nitrogen and oxygen atoms in total. The van der Waals surface area contributed by atoms with Crippen LogP contribution in [0.1, 0.15) is 63.5 Å². The Kier molecular flexibility index (Phi) is 5.37. The van der Waals surface area contributed by atoms with Crippen LogP contribution < -0.4 is 0 Å². The first kappa shape index (κ1) is 13.1. The molecule has 1 aromatic carbocycles. The lowest BCUT2D eigenvalue weighted by atomic mass is 9.90. The van der Waals surface area contributed by atoms with Gasteiger partial charge in [0.2, 0.25) is 0 Å². The van der Waals surface area contributed by atoms with Gasteiger partial charge in [-0.3, -0.25) is 0 Å². The molecule has 1 unspecified atom stereocenters. The molecule has 0 fully saturated rings. The third-order valence-corrected chi connectivity index (χ3v) is 3.28. The maximum Gasteiger partial charge on any atom is 0.115 e. The van der Waals surface area contributed by atoms with Crippen molar-refractivity contribution < 1.29 is 5.11 Å². The highest BCUT2D eigenvalue weighted by atomic mass is 16.3. The molecule has 0 amide bonds. The average Bonchev–Trinajstić information content (AvgIpc) is 2.29. The summed E-state index contributed by atoms with van der Waals surface area (Å²) in [6, 6.07) is 5.79. The largest absolute Gasteiger partial charge is 0.508 e. The van der Waals surface area contributed by atoms with E-state index in [9.17, 15) is 5.11 Å². The highest BCUT2D eigenvalue weighted by Crippen LogP contribution is 2.28. The number of hydrogen-bond acceptors (Lipinski definition) is 1. The van der Waals surface area contributed by atoms with Crippen LogP contribution >= 0.6 is 0 Å². The Labute approximate surface area is 99.5 Å². The Morgan fingerprint density at radius 3 is 2.56 bits per heavy atom. The summed E-state index contributed by atoms with van der Waals surface area (Å²) in [5.74, 6) is 0.961. The van der Waals surface area contributed by atoms with Gasteiger partial charge in [-0.15, -0.1) is 0 Å². The maximum absolute atomic E-state index is 9.55. The van der Waals surface area contributed by atoms with E-state index in [1.165, 1.54) is 36.8 Å². The minimum atomic E-state index is 0.398. The van der Waals surface area contributed by atoms with Crippen LogP contribution in [-0.2, 0) is 6.42 Å². The third-order valence-electron chi connectivity index (χ3n) is 3.28. The molecule has 90 valence electrons. The number of hydrogen-bond donors (Lipinski definition) is 1. The average molecular weight is 220 g/mol. The van der Waals surface area contributed by atoms with Crippen molar-refractivity contribution in [2.45, 2.75) is 58.8 Å². The fraction of sp³-hybridized carbons (Fsp3) is 0.600. The molecule has 0 bridgehead atoms. The summed E-state index contributed by atoms with van der Waals surface area (Å²) in [5, 5.41) is 9.55. The molecule has 0 spiro atoms. The summed E-state index contributed by atoms with van der Waals surface area (Å²) in [4.78, 5) is 0. The van der Waals surface area contributed by atoms with Gasteiger partial charge in [0.25, 0.3) is 0 Å². The van der Waals surface area contributed by atoms with Crippen LogP contribution in [0, 0.1) is 0 Å². The molecule has 0 heterocycles. The lowest BCUT2D eigenvalue weighted by Gasteiger charge is -2.16. The van der Waals surface area contributed by atoms with Gasteiger partial charge in [-0.2, -0.15) is 0 Å². The summed E-state index contributed by atoms with van der Waals surface area (Å²) in [7, 11) is 0.